The van der Waals surface area contributed by atoms with Gasteiger partial charge in [0.25, 0.3) is 5.97 Å². The van der Waals surface area contributed by atoms with Crippen LogP contribution in [0.3, 0.4) is 0 Å². The van der Waals surface area contributed by atoms with Crippen molar-refractivity contribution in [2.45, 2.75) is 0 Å². The summed E-state index contributed by atoms with van der Waals surface area (Å²) < 4.78 is 7.94. The Hall–Kier alpha value is -0.616. The van der Waals surface area contributed by atoms with Crippen LogP contribution >= 0.6 is 0 Å². The monoisotopic (exact) mass is 211 g/mol. The van der Waals surface area contributed by atoms with Crippen molar-refractivity contribution in [3.63, 3.8) is 0 Å². The Balaban J connectivity index is -0.000000249. The van der Waals surface area contributed by atoms with Crippen LogP contribution in [0.4, 0.5) is 0 Å². The van der Waals surface area contributed by atoms with E-state index >= 15 is 0 Å². The summed E-state index contributed by atoms with van der Waals surface area (Å²) in [6.07, 6.45) is 0.627. The Labute approximate surface area is 86.7 Å². The first-order valence-corrected chi connectivity index (χ1v) is 2.35. The van der Waals surface area contributed by atoms with Gasteiger partial charge >= 0.3 is 38.4 Å². The molecule has 0 aliphatic rings. The van der Waals surface area contributed by atoms with Crippen LogP contribution < -0.4 is 18.9 Å². The van der Waals surface area contributed by atoms with Crippen molar-refractivity contribution >= 4 is 23.8 Å². The molecule has 0 aliphatic heterocycles. The van der Waals surface area contributed by atoms with E-state index in [4.69, 9.17) is 8.97 Å². The number of carbonyl (C=O) groups is 3. The van der Waals surface area contributed by atoms with Crippen LogP contribution in [0, 0.1) is 0 Å². The van der Waals surface area contributed by atoms with Gasteiger partial charge < -0.3 is 19.5 Å². The fourth-order valence-electron chi connectivity index (χ4n) is 0.143. The maximum atomic E-state index is 9.86. The van der Waals surface area contributed by atoms with Gasteiger partial charge in [-0.05, 0) is 0 Å². The Morgan fingerprint density at radius 1 is 1.17 bits per heavy atom. The van der Waals surface area contributed by atoms with E-state index in [1.54, 1.807) is 0 Å². The van der Waals surface area contributed by atoms with Crippen LogP contribution in [0.25, 0.3) is 0 Å². The molecule has 0 radical (unpaired) electrons. The molecule has 0 fully saturated rings. The Kier molecular flexibility index (Phi) is 15.1. The van der Waals surface area contributed by atoms with Gasteiger partial charge in [0, 0.05) is 6.29 Å². The number of carboxylic acid groups (broad SMARTS) is 1. The van der Waals surface area contributed by atoms with E-state index < -0.39 is 17.5 Å². The molecule has 0 aromatic carbocycles. The predicted molar refractivity (Wildman–Crippen MR) is 24.0 cm³/mol. The van der Waals surface area contributed by atoms with E-state index in [2.05, 4.69) is 15.7 Å². The van der Waals surface area contributed by atoms with E-state index in [-0.39, 0.29) is 18.9 Å². The summed E-state index contributed by atoms with van der Waals surface area (Å²) in [5.41, 5.74) is 0. The number of ketones is 2. The summed E-state index contributed by atoms with van der Waals surface area (Å²) in [6.45, 7) is 0. The van der Waals surface area contributed by atoms with Gasteiger partial charge in [-0.25, -0.2) is 0 Å². The van der Waals surface area contributed by atoms with Crippen molar-refractivity contribution < 1.29 is 62.7 Å². The van der Waals surface area contributed by atoms with Crippen molar-refractivity contribution in [3.8, 4) is 0 Å². The summed E-state index contributed by atoms with van der Waals surface area (Å²) in [5.74, 6) is -5.36. The summed E-state index contributed by atoms with van der Waals surface area (Å²) in [6, 6.07) is 0. The molecule has 0 heterocycles. The third-order valence-electron chi connectivity index (χ3n) is 0.493. The van der Waals surface area contributed by atoms with Gasteiger partial charge in [-0.3, -0.25) is 4.79 Å². The molecule has 12 heavy (non-hydrogen) atoms. The summed E-state index contributed by atoms with van der Waals surface area (Å²) in [4.78, 5) is 38.5. The molecule has 0 spiro atoms. The SMILES string of the molecule is O=[C-]C(=O)C(=O)C(=O)O.[Li+].[O]=[Co]. The first kappa shape index (κ1) is 17.5. The Morgan fingerprint density at radius 2 is 1.50 bits per heavy atom. The molecule has 0 aliphatic carbocycles. The number of Topliss-reactive ketones (excluding diaryl/α,β-unsaturated/α-hetero) is 2. The normalized spacial score (nSPS) is 6.42. The number of carboxylic acids is 1. The third kappa shape index (κ3) is 7.49. The minimum absolute atomic E-state index is 0. The van der Waals surface area contributed by atoms with Crippen molar-refractivity contribution in [3.05, 3.63) is 0 Å². The van der Waals surface area contributed by atoms with Crippen molar-refractivity contribution in [2.24, 2.45) is 0 Å². The van der Waals surface area contributed by atoms with Crippen LogP contribution in [0.5, 0.6) is 0 Å². The molecule has 0 aromatic rings. The Bertz CT molecular complexity index is 202. The van der Waals surface area contributed by atoms with Gasteiger partial charge in [0.15, 0.2) is 5.78 Å². The molecule has 0 saturated carbocycles. The second kappa shape index (κ2) is 10.4. The molecule has 0 unspecified atom stereocenters. The fourth-order valence-corrected chi connectivity index (χ4v) is 0.143. The van der Waals surface area contributed by atoms with E-state index in [9.17, 15) is 19.2 Å². The molecule has 0 bridgehead atoms. The molecule has 0 saturated heterocycles. The van der Waals surface area contributed by atoms with Crippen molar-refractivity contribution in [1.29, 1.82) is 0 Å². The van der Waals surface area contributed by atoms with E-state index in [0.717, 1.165) is 0 Å². The van der Waals surface area contributed by atoms with Crippen molar-refractivity contribution in [2.75, 3.05) is 0 Å². The fraction of sp³-hybridized carbons (Fsp3) is 0. The van der Waals surface area contributed by atoms with Gasteiger partial charge in [0.1, 0.15) is 5.78 Å². The zero-order valence-corrected chi connectivity index (χ0v) is 6.86. The second-order valence-corrected chi connectivity index (χ2v) is 1.07. The van der Waals surface area contributed by atoms with Crippen LogP contribution in [0.2, 0.25) is 0 Å². The van der Waals surface area contributed by atoms with Gasteiger partial charge in [0.05, 0.1) is 0 Å². The number of aliphatic carboxylic acids is 1. The van der Waals surface area contributed by atoms with Gasteiger partial charge in [-0.15, -0.1) is 0 Å². The zero-order chi connectivity index (χ0) is 9.44. The molecule has 0 amide bonds. The zero-order valence-electron chi connectivity index (χ0n) is 5.82. The van der Waals surface area contributed by atoms with Crippen LogP contribution in [-0.4, -0.2) is 28.9 Å². The van der Waals surface area contributed by atoms with Crippen LogP contribution in [-0.2, 0) is 38.7 Å². The van der Waals surface area contributed by atoms with Crippen molar-refractivity contribution in [1.82, 2.24) is 0 Å². The topological polar surface area (TPSA) is 106 Å². The molecular formula is C4HCoLiO6. The first-order valence-electron chi connectivity index (χ1n) is 1.93. The number of rotatable bonds is 3. The second-order valence-electron chi connectivity index (χ2n) is 1.07. The van der Waals surface area contributed by atoms with Gasteiger partial charge in [-0.1, -0.05) is 0 Å². The molecule has 8 heteroatoms. The molecular weight excluding hydrogens is 210 g/mol. The average molecular weight is 211 g/mol. The number of hydrogen-bond donors (Lipinski definition) is 1. The van der Waals surface area contributed by atoms with Gasteiger partial charge in [-0.2, -0.15) is 0 Å². The molecule has 0 rings (SSSR count). The van der Waals surface area contributed by atoms with E-state index in [0.29, 0.717) is 6.29 Å². The van der Waals surface area contributed by atoms with E-state index in [1.165, 1.54) is 0 Å². The third-order valence-corrected chi connectivity index (χ3v) is 0.493. The molecule has 0 atom stereocenters. The van der Waals surface area contributed by atoms with Crippen LogP contribution in [0.1, 0.15) is 0 Å². The summed E-state index contributed by atoms with van der Waals surface area (Å²) >= 11 is 2.31. The molecule has 0 aromatic heterocycles. The van der Waals surface area contributed by atoms with Gasteiger partial charge in [0.2, 0.25) is 0 Å². The first-order chi connectivity index (χ1) is 5.09. The summed E-state index contributed by atoms with van der Waals surface area (Å²) in [7, 11) is 0. The molecule has 1 N–H and O–H groups in total. The van der Waals surface area contributed by atoms with Crippen LogP contribution in [0.15, 0.2) is 0 Å². The maximum absolute atomic E-state index is 9.86. The number of hydrogen-bond acceptors (Lipinski definition) is 5. The minimum atomic E-state index is -1.94. The number of carbonyl (C=O) groups excluding carboxylic acids is 3. The molecule has 63 valence electrons. The standard InChI is InChI=1S/C4HO5.Co.Li.O/c5-1-2(6)3(7)4(8)9;;;/h(H,8,9);;;/q-1;;+1;. The quantitative estimate of drug-likeness (QED) is 0.217. The molecule has 6 nitrogen and oxygen atoms in total. The predicted octanol–water partition coefficient (Wildman–Crippen LogP) is -4.80. The Morgan fingerprint density at radius 3 is 1.58 bits per heavy atom. The average Bonchev–Trinajstić information content (AvgIpc) is 2.05. The van der Waals surface area contributed by atoms with E-state index in [1.807, 2.05) is 0 Å². The summed E-state index contributed by atoms with van der Waals surface area (Å²) in [5, 5.41) is 7.73.